The quantitative estimate of drug-likeness (QED) is 0.146. The lowest BCUT2D eigenvalue weighted by Crippen LogP contribution is -1.96. The fourth-order valence-electron chi connectivity index (χ4n) is 4.42. The van der Waals surface area contributed by atoms with Crippen molar-refractivity contribution in [1.29, 1.82) is 0 Å². The summed E-state index contributed by atoms with van der Waals surface area (Å²) in [5, 5.41) is 10.4. The lowest BCUT2D eigenvalue weighted by Gasteiger charge is -2.12. The molecule has 0 radical (unpaired) electrons. The number of thiol groups is 1. The van der Waals surface area contributed by atoms with Crippen molar-refractivity contribution in [2.24, 2.45) is 0 Å². The maximum absolute atomic E-state index is 10.4. The van der Waals surface area contributed by atoms with Gasteiger partial charge in [0.1, 0.15) is 5.75 Å². The first-order valence-electron chi connectivity index (χ1n) is 13.2. The lowest BCUT2D eigenvalue weighted by atomic mass is 9.95. The number of benzene rings is 1. The van der Waals surface area contributed by atoms with Gasteiger partial charge in [-0.05, 0) is 55.1 Å². The van der Waals surface area contributed by atoms with Gasteiger partial charge in [-0.1, -0.05) is 115 Å². The molecule has 0 bridgehead atoms. The van der Waals surface area contributed by atoms with Crippen molar-refractivity contribution in [3.8, 4) is 5.75 Å². The van der Waals surface area contributed by atoms with Gasteiger partial charge in [-0.2, -0.15) is 12.6 Å². The molecule has 0 amide bonds. The molecule has 1 rings (SSSR count). The SMILES string of the molecule is CCCCCCCCCCCCc1c(O)cccc1CCCCCCCCCCS. The minimum atomic E-state index is 0.521. The van der Waals surface area contributed by atoms with E-state index in [2.05, 4.69) is 25.6 Å². The van der Waals surface area contributed by atoms with E-state index in [1.54, 1.807) is 0 Å². The van der Waals surface area contributed by atoms with Crippen molar-refractivity contribution in [1.82, 2.24) is 0 Å². The first kappa shape index (κ1) is 27.4. The zero-order valence-electron chi connectivity index (χ0n) is 20.0. The Balaban J connectivity index is 2.13. The molecule has 0 aliphatic heterocycles. The average Bonchev–Trinajstić information content (AvgIpc) is 2.75. The number of hydrogen-bond donors (Lipinski definition) is 2. The van der Waals surface area contributed by atoms with E-state index >= 15 is 0 Å². The van der Waals surface area contributed by atoms with Crippen LogP contribution in [0.25, 0.3) is 0 Å². The van der Waals surface area contributed by atoms with Gasteiger partial charge in [-0.15, -0.1) is 0 Å². The third kappa shape index (κ3) is 14.4. The second kappa shape index (κ2) is 20.3. The first-order valence-corrected chi connectivity index (χ1v) is 13.8. The Morgan fingerprint density at radius 2 is 1.07 bits per heavy atom. The highest BCUT2D eigenvalue weighted by Gasteiger charge is 2.07. The van der Waals surface area contributed by atoms with Crippen LogP contribution in [0, 0.1) is 0 Å². The Bertz CT molecular complexity index is 499. The summed E-state index contributed by atoms with van der Waals surface area (Å²) >= 11 is 4.28. The van der Waals surface area contributed by atoms with E-state index in [1.807, 2.05) is 12.1 Å². The van der Waals surface area contributed by atoms with Gasteiger partial charge in [0, 0.05) is 0 Å². The summed E-state index contributed by atoms with van der Waals surface area (Å²) in [5.74, 6) is 1.55. The van der Waals surface area contributed by atoms with Crippen LogP contribution in [-0.4, -0.2) is 10.9 Å². The Kier molecular flexibility index (Phi) is 18.5. The number of phenolic OH excluding ortho intramolecular Hbond substituents is 1. The van der Waals surface area contributed by atoms with Gasteiger partial charge < -0.3 is 5.11 Å². The highest BCUT2D eigenvalue weighted by molar-refractivity contribution is 7.80. The second-order valence-corrected chi connectivity index (χ2v) is 9.60. The molecule has 0 aliphatic carbocycles. The first-order chi connectivity index (χ1) is 14.8. The van der Waals surface area contributed by atoms with E-state index in [9.17, 15) is 5.11 Å². The fourth-order valence-corrected chi connectivity index (χ4v) is 4.64. The number of aromatic hydroxyl groups is 1. The molecule has 0 saturated carbocycles. The number of unbranched alkanes of at least 4 members (excludes halogenated alkanes) is 16. The predicted molar refractivity (Wildman–Crippen MR) is 138 cm³/mol. The molecule has 174 valence electrons. The molecule has 30 heavy (non-hydrogen) atoms. The highest BCUT2D eigenvalue weighted by atomic mass is 32.1. The molecule has 1 aromatic rings. The third-order valence-corrected chi connectivity index (χ3v) is 6.70. The summed E-state index contributed by atoms with van der Waals surface area (Å²) < 4.78 is 0. The standard InChI is InChI=1S/C28H50OS/c1-2-3-4-5-6-7-8-12-15-18-23-27-26(22-20-24-28(27)29)21-17-14-11-9-10-13-16-19-25-30/h20,22,24,29-30H,2-19,21,23,25H2,1H3. The molecule has 0 aromatic heterocycles. The molecule has 1 nitrogen and oxygen atoms in total. The topological polar surface area (TPSA) is 20.2 Å². The van der Waals surface area contributed by atoms with Crippen molar-refractivity contribution in [3.05, 3.63) is 29.3 Å². The summed E-state index contributed by atoms with van der Waals surface area (Å²) in [4.78, 5) is 0. The Morgan fingerprint density at radius 3 is 1.60 bits per heavy atom. The van der Waals surface area contributed by atoms with E-state index in [4.69, 9.17) is 0 Å². The average molecular weight is 435 g/mol. The number of hydrogen-bond acceptors (Lipinski definition) is 2. The summed E-state index contributed by atoms with van der Waals surface area (Å²) in [6.07, 6.45) is 26.5. The van der Waals surface area contributed by atoms with Crippen molar-refractivity contribution in [2.45, 2.75) is 135 Å². The molecule has 0 unspecified atom stereocenters. The Morgan fingerprint density at radius 1 is 0.600 bits per heavy atom. The van der Waals surface area contributed by atoms with E-state index in [1.165, 1.54) is 127 Å². The van der Waals surface area contributed by atoms with Crippen LogP contribution in [0.15, 0.2) is 18.2 Å². The summed E-state index contributed by atoms with van der Waals surface area (Å²) in [6.45, 7) is 2.28. The highest BCUT2D eigenvalue weighted by Crippen LogP contribution is 2.25. The largest absolute Gasteiger partial charge is 0.508 e. The van der Waals surface area contributed by atoms with E-state index in [0.717, 1.165) is 18.6 Å². The number of rotatable bonds is 21. The van der Waals surface area contributed by atoms with Gasteiger partial charge in [0.2, 0.25) is 0 Å². The van der Waals surface area contributed by atoms with Crippen molar-refractivity contribution >= 4 is 12.6 Å². The molecule has 0 saturated heterocycles. The van der Waals surface area contributed by atoms with E-state index in [-0.39, 0.29) is 0 Å². The number of phenols is 1. The number of aryl methyl sites for hydroxylation is 1. The van der Waals surface area contributed by atoms with Gasteiger partial charge in [-0.25, -0.2) is 0 Å². The molecule has 0 fully saturated rings. The monoisotopic (exact) mass is 434 g/mol. The second-order valence-electron chi connectivity index (χ2n) is 9.15. The van der Waals surface area contributed by atoms with Gasteiger partial charge in [-0.3, -0.25) is 0 Å². The summed E-state index contributed by atoms with van der Waals surface area (Å²) in [7, 11) is 0. The van der Waals surface area contributed by atoms with Crippen LogP contribution >= 0.6 is 12.6 Å². The van der Waals surface area contributed by atoms with Crippen LogP contribution < -0.4 is 0 Å². The van der Waals surface area contributed by atoms with Crippen LogP contribution in [0.2, 0.25) is 0 Å². The van der Waals surface area contributed by atoms with Crippen LogP contribution in [0.1, 0.15) is 134 Å². The summed E-state index contributed by atoms with van der Waals surface area (Å²) in [5.41, 5.74) is 2.61. The molecule has 0 atom stereocenters. The predicted octanol–water partition coefficient (Wildman–Crippen LogP) is 9.45. The minimum absolute atomic E-state index is 0.521. The molecule has 2 heteroatoms. The van der Waals surface area contributed by atoms with Gasteiger partial charge in [0.15, 0.2) is 0 Å². The normalized spacial score (nSPS) is 11.3. The maximum atomic E-state index is 10.4. The summed E-state index contributed by atoms with van der Waals surface area (Å²) in [6, 6.07) is 6.14. The maximum Gasteiger partial charge on any atom is 0.119 e. The van der Waals surface area contributed by atoms with Crippen LogP contribution in [0.4, 0.5) is 0 Å². The molecular formula is C28H50OS. The molecular weight excluding hydrogens is 384 g/mol. The van der Waals surface area contributed by atoms with Gasteiger partial charge in [0.25, 0.3) is 0 Å². The zero-order chi connectivity index (χ0) is 21.7. The zero-order valence-corrected chi connectivity index (χ0v) is 20.9. The minimum Gasteiger partial charge on any atom is -0.508 e. The van der Waals surface area contributed by atoms with Crippen LogP contribution in [-0.2, 0) is 12.8 Å². The third-order valence-electron chi connectivity index (χ3n) is 6.38. The Labute approximate surface area is 193 Å². The molecule has 1 N–H and O–H groups in total. The smallest absolute Gasteiger partial charge is 0.119 e. The van der Waals surface area contributed by atoms with Crippen LogP contribution in [0.5, 0.6) is 5.75 Å². The Hall–Kier alpha value is -0.630. The van der Waals surface area contributed by atoms with Crippen molar-refractivity contribution in [3.63, 3.8) is 0 Å². The van der Waals surface area contributed by atoms with Crippen molar-refractivity contribution < 1.29 is 5.11 Å². The molecule has 0 aliphatic rings. The molecule has 0 spiro atoms. The molecule has 1 aromatic carbocycles. The van der Waals surface area contributed by atoms with Gasteiger partial charge >= 0.3 is 0 Å². The van der Waals surface area contributed by atoms with E-state index < -0.39 is 0 Å². The fraction of sp³-hybridized carbons (Fsp3) is 0.786. The lowest BCUT2D eigenvalue weighted by molar-refractivity contribution is 0.464. The van der Waals surface area contributed by atoms with Crippen molar-refractivity contribution in [2.75, 3.05) is 5.75 Å². The van der Waals surface area contributed by atoms with Gasteiger partial charge in [0.05, 0.1) is 0 Å². The molecule has 0 heterocycles. The van der Waals surface area contributed by atoms with Crippen LogP contribution in [0.3, 0.4) is 0 Å². The van der Waals surface area contributed by atoms with E-state index in [0.29, 0.717) is 5.75 Å².